The lowest BCUT2D eigenvalue weighted by Gasteiger charge is -2.25. The summed E-state index contributed by atoms with van der Waals surface area (Å²) in [6, 6.07) is 8.56. The van der Waals surface area contributed by atoms with Crippen LogP contribution in [0.3, 0.4) is 0 Å². The van der Waals surface area contributed by atoms with Crippen molar-refractivity contribution in [3.8, 4) is 0 Å². The maximum Gasteiger partial charge on any atom is 0.141 e. The van der Waals surface area contributed by atoms with Gasteiger partial charge >= 0.3 is 0 Å². The largest absolute Gasteiger partial charge is 0.370 e. The Hall–Kier alpha value is -2.10. The van der Waals surface area contributed by atoms with Gasteiger partial charge in [-0.25, -0.2) is 9.97 Å². The molecule has 0 spiro atoms. The minimum Gasteiger partial charge on any atom is -0.370 e. The average molecular weight is 284 g/mol. The lowest BCUT2D eigenvalue weighted by atomic mass is 10.1. The van der Waals surface area contributed by atoms with Gasteiger partial charge in [0.2, 0.25) is 0 Å². The standard InChI is InChI=1S/C17H24N4/c1-5-15-16(18-6-2)19-12-20-17(15)21(7-3)14-10-8-13(4)9-11-14/h8-12H,5-7H2,1-4H3,(H,18,19,20). The van der Waals surface area contributed by atoms with Crippen molar-refractivity contribution in [1.82, 2.24) is 9.97 Å². The third-order valence-corrected chi connectivity index (χ3v) is 3.54. The van der Waals surface area contributed by atoms with E-state index in [-0.39, 0.29) is 0 Å². The highest BCUT2D eigenvalue weighted by molar-refractivity contribution is 5.67. The highest BCUT2D eigenvalue weighted by Crippen LogP contribution is 2.30. The molecule has 1 N–H and O–H groups in total. The molecular formula is C17H24N4. The second kappa shape index (κ2) is 7.07. The molecule has 21 heavy (non-hydrogen) atoms. The lowest BCUT2D eigenvalue weighted by molar-refractivity contribution is 0.936. The Morgan fingerprint density at radius 3 is 2.33 bits per heavy atom. The monoisotopic (exact) mass is 284 g/mol. The normalized spacial score (nSPS) is 10.5. The van der Waals surface area contributed by atoms with Crippen LogP contribution in [0.4, 0.5) is 17.3 Å². The van der Waals surface area contributed by atoms with Gasteiger partial charge in [-0.05, 0) is 39.3 Å². The van der Waals surface area contributed by atoms with E-state index in [4.69, 9.17) is 0 Å². The maximum absolute atomic E-state index is 4.54. The van der Waals surface area contributed by atoms with Crippen LogP contribution in [-0.2, 0) is 6.42 Å². The summed E-state index contributed by atoms with van der Waals surface area (Å²) in [7, 11) is 0. The molecule has 4 nitrogen and oxygen atoms in total. The number of aromatic nitrogens is 2. The molecule has 4 heteroatoms. The fourth-order valence-corrected chi connectivity index (χ4v) is 2.46. The first-order chi connectivity index (χ1) is 10.2. The van der Waals surface area contributed by atoms with Crippen molar-refractivity contribution in [2.24, 2.45) is 0 Å². The zero-order valence-electron chi connectivity index (χ0n) is 13.3. The van der Waals surface area contributed by atoms with Gasteiger partial charge in [0, 0.05) is 24.3 Å². The molecule has 0 fully saturated rings. The molecule has 2 aromatic rings. The number of nitrogens with one attached hydrogen (secondary N) is 1. The number of nitrogens with zero attached hydrogens (tertiary/aromatic N) is 3. The van der Waals surface area contributed by atoms with Crippen molar-refractivity contribution in [1.29, 1.82) is 0 Å². The number of aryl methyl sites for hydroxylation is 1. The van der Waals surface area contributed by atoms with E-state index in [1.165, 1.54) is 16.8 Å². The molecule has 0 unspecified atom stereocenters. The molecule has 0 aliphatic carbocycles. The van der Waals surface area contributed by atoms with Crippen LogP contribution in [0.1, 0.15) is 31.9 Å². The van der Waals surface area contributed by atoms with Gasteiger partial charge in [-0.1, -0.05) is 24.6 Å². The Balaban J connectivity index is 2.46. The van der Waals surface area contributed by atoms with Gasteiger partial charge in [0.05, 0.1) is 0 Å². The average Bonchev–Trinajstić information content (AvgIpc) is 2.50. The number of hydrogen-bond donors (Lipinski definition) is 1. The topological polar surface area (TPSA) is 41.1 Å². The summed E-state index contributed by atoms with van der Waals surface area (Å²) in [5, 5.41) is 3.33. The summed E-state index contributed by atoms with van der Waals surface area (Å²) in [5.41, 5.74) is 3.60. The van der Waals surface area contributed by atoms with E-state index in [1.807, 2.05) is 0 Å². The Morgan fingerprint density at radius 1 is 1.05 bits per heavy atom. The Bertz CT molecular complexity index is 578. The van der Waals surface area contributed by atoms with Crippen molar-refractivity contribution in [3.05, 3.63) is 41.7 Å². The zero-order chi connectivity index (χ0) is 15.2. The molecule has 0 aliphatic rings. The maximum atomic E-state index is 4.54. The van der Waals surface area contributed by atoms with E-state index >= 15 is 0 Å². The third kappa shape index (κ3) is 3.32. The Labute approximate surface area is 127 Å². The summed E-state index contributed by atoms with van der Waals surface area (Å²) < 4.78 is 0. The van der Waals surface area contributed by atoms with Crippen molar-refractivity contribution in [3.63, 3.8) is 0 Å². The first kappa shape index (κ1) is 15.3. The molecule has 0 aliphatic heterocycles. The molecule has 1 aromatic heterocycles. The minimum absolute atomic E-state index is 0.861. The highest BCUT2D eigenvalue weighted by atomic mass is 15.2. The van der Waals surface area contributed by atoms with E-state index < -0.39 is 0 Å². The summed E-state index contributed by atoms with van der Waals surface area (Å²) in [6.45, 7) is 10.2. The fourth-order valence-electron chi connectivity index (χ4n) is 2.46. The molecule has 2 rings (SSSR count). The molecule has 0 bridgehead atoms. The van der Waals surface area contributed by atoms with Gasteiger partial charge < -0.3 is 10.2 Å². The molecular weight excluding hydrogens is 260 g/mol. The Kier molecular flexibility index (Phi) is 5.14. The van der Waals surface area contributed by atoms with Crippen molar-refractivity contribution < 1.29 is 0 Å². The van der Waals surface area contributed by atoms with Crippen LogP contribution in [0.5, 0.6) is 0 Å². The third-order valence-electron chi connectivity index (χ3n) is 3.54. The summed E-state index contributed by atoms with van der Waals surface area (Å²) in [5.74, 6) is 1.94. The van der Waals surface area contributed by atoms with Gasteiger partial charge in [0.25, 0.3) is 0 Å². The van der Waals surface area contributed by atoms with Gasteiger partial charge in [0.1, 0.15) is 18.0 Å². The number of rotatable bonds is 6. The van der Waals surface area contributed by atoms with E-state index in [9.17, 15) is 0 Å². The first-order valence-electron chi connectivity index (χ1n) is 7.63. The molecule has 0 saturated heterocycles. The molecule has 1 aromatic carbocycles. The van der Waals surface area contributed by atoms with Gasteiger partial charge in [-0.3, -0.25) is 0 Å². The SMILES string of the molecule is CCNc1ncnc(N(CC)c2ccc(C)cc2)c1CC. The first-order valence-corrected chi connectivity index (χ1v) is 7.63. The Morgan fingerprint density at radius 2 is 1.76 bits per heavy atom. The lowest BCUT2D eigenvalue weighted by Crippen LogP contribution is -2.20. The van der Waals surface area contributed by atoms with Gasteiger partial charge in [-0.15, -0.1) is 0 Å². The molecule has 0 atom stereocenters. The number of hydrogen-bond acceptors (Lipinski definition) is 4. The molecule has 112 valence electrons. The van der Waals surface area contributed by atoms with Crippen LogP contribution < -0.4 is 10.2 Å². The van der Waals surface area contributed by atoms with Gasteiger partial charge in [0.15, 0.2) is 0 Å². The van der Waals surface area contributed by atoms with Crippen LogP contribution in [0, 0.1) is 6.92 Å². The number of benzene rings is 1. The van der Waals surface area contributed by atoms with Crippen LogP contribution >= 0.6 is 0 Å². The second-order valence-corrected chi connectivity index (χ2v) is 4.99. The quantitative estimate of drug-likeness (QED) is 0.872. The molecule has 0 saturated carbocycles. The zero-order valence-corrected chi connectivity index (χ0v) is 13.3. The van der Waals surface area contributed by atoms with Crippen LogP contribution in [0.2, 0.25) is 0 Å². The molecule has 1 heterocycles. The summed E-state index contributed by atoms with van der Waals surface area (Å²) in [6.07, 6.45) is 2.55. The summed E-state index contributed by atoms with van der Waals surface area (Å²) in [4.78, 5) is 11.1. The van der Waals surface area contributed by atoms with Gasteiger partial charge in [-0.2, -0.15) is 0 Å². The molecule has 0 amide bonds. The van der Waals surface area contributed by atoms with E-state index in [2.05, 4.69) is 72.1 Å². The highest BCUT2D eigenvalue weighted by Gasteiger charge is 2.16. The molecule has 0 radical (unpaired) electrons. The fraction of sp³-hybridized carbons (Fsp3) is 0.412. The van der Waals surface area contributed by atoms with Crippen molar-refractivity contribution in [2.75, 3.05) is 23.3 Å². The minimum atomic E-state index is 0.861. The van der Waals surface area contributed by atoms with Crippen molar-refractivity contribution in [2.45, 2.75) is 34.1 Å². The van der Waals surface area contributed by atoms with Crippen LogP contribution in [-0.4, -0.2) is 23.1 Å². The second-order valence-electron chi connectivity index (χ2n) is 4.99. The van der Waals surface area contributed by atoms with E-state index in [0.717, 1.165) is 31.1 Å². The smallest absolute Gasteiger partial charge is 0.141 e. The van der Waals surface area contributed by atoms with E-state index in [1.54, 1.807) is 6.33 Å². The van der Waals surface area contributed by atoms with E-state index in [0.29, 0.717) is 0 Å². The van der Waals surface area contributed by atoms with Crippen molar-refractivity contribution >= 4 is 17.3 Å². The predicted octanol–water partition coefficient (Wildman–Crippen LogP) is 3.94. The predicted molar refractivity (Wildman–Crippen MR) is 89.4 cm³/mol. The van der Waals surface area contributed by atoms with Crippen LogP contribution in [0.15, 0.2) is 30.6 Å². The van der Waals surface area contributed by atoms with Crippen LogP contribution in [0.25, 0.3) is 0 Å². The summed E-state index contributed by atoms with van der Waals surface area (Å²) >= 11 is 0. The number of anilines is 3.